The molecule has 0 amide bonds. The zero-order valence-electron chi connectivity index (χ0n) is 20.7. The van der Waals surface area contributed by atoms with Gasteiger partial charge >= 0.3 is 0 Å². The third-order valence-electron chi connectivity index (χ3n) is 7.56. The minimum Gasteiger partial charge on any atom is -0.369 e. The van der Waals surface area contributed by atoms with Gasteiger partial charge in [-0.2, -0.15) is 10.1 Å². The summed E-state index contributed by atoms with van der Waals surface area (Å²) in [6, 6.07) is 11.8. The first-order chi connectivity index (χ1) is 17.6. The molecule has 1 aliphatic carbocycles. The van der Waals surface area contributed by atoms with Crippen LogP contribution in [0.15, 0.2) is 53.6 Å². The van der Waals surface area contributed by atoms with Gasteiger partial charge in [-0.3, -0.25) is 14.5 Å². The number of likely N-dealkylation sites (N-methyl/N-ethyl adjacent to an activating group) is 1. The molecule has 0 radical (unpaired) electrons. The van der Waals surface area contributed by atoms with Gasteiger partial charge in [0, 0.05) is 72.4 Å². The number of pyridine rings is 1. The molecule has 1 aromatic carbocycles. The quantitative estimate of drug-likeness (QED) is 0.431. The summed E-state index contributed by atoms with van der Waals surface area (Å²) in [5.41, 5.74) is 4.89. The predicted molar refractivity (Wildman–Crippen MR) is 142 cm³/mol. The Labute approximate surface area is 210 Å². The van der Waals surface area contributed by atoms with Crippen molar-refractivity contribution in [3.8, 4) is 0 Å². The van der Waals surface area contributed by atoms with E-state index in [4.69, 9.17) is 4.98 Å². The molecule has 186 valence electrons. The monoisotopic (exact) mass is 484 g/mol. The number of hydrogen-bond donors (Lipinski definition) is 2. The van der Waals surface area contributed by atoms with E-state index in [0.717, 1.165) is 48.5 Å². The minimum atomic E-state index is -0.0812. The number of piperazine rings is 1. The summed E-state index contributed by atoms with van der Waals surface area (Å²) in [6.45, 7) is 4.66. The molecule has 4 aromatic rings. The number of benzene rings is 1. The third kappa shape index (κ3) is 4.58. The molecule has 0 bridgehead atoms. The Balaban J connectivity index is 1.25. The molecule has 4 heterocycles. The molecule has 2 fully saturated rings. The van der Waals surface area contributed by atoms with Crippen LogP contribution in [0.3, 0.4) is 0 Å². The Bertz CT molecular complexity index is 1400. The number of anilines is 3. The Morgan fingerprint density at radius 3 is 2.56 bits per heavy atom. The highest BCUT2D eigenvalue weighted by Gasteiger charge is 2.22. The molecular weight excluding hydrogens is 452 g/mol. The number of hydrogen-bond acceptors (Lipinski definition) is 7. The number of fused-ring (bicyclic) bond motifs is 1. The highest BCUT2D eigenvalue weighted by atomic mass is 16.1. The van der Waals surface area contributed by atoms with Gasteiger partial charge in [0.2, 0.25) is 5.95 Å². The predicted octanol–water partition coefficient (Wildman–Crippen LogP) is 3.72. The lowest BCUT2D eigenvalue weighted by Crippen LogP contribution is -2.44. The van der Waals surface area contributed by atoms with Crippen molar-refractivity contribution in [2.45, 2.75) is 38.1 Å². The summed E-state index contributed by atoms with van der Waals surface area (Å²) in [7, 11) is 2.16. The molecule has 1 saturated carbocycles. The molecule has 36 heavy (non-hydrogen) atoms. The normalized spacial score (nSPS) is 17.2. The molecule has 0 spiro atoms. The second-order valence-corrected chi connectivity index (χ2v) is 9.98. The Hall–Kier alpha value is -3.72. The van der Waals surface area contributed by atoms with Crippen molar-refractivity contribution in [1.29, 1.82) is 0 Å². The second-order valence-electron chi connectivity index (χ2n) is 9.98. The second kappa shape index (κ2) is 9.73. The number of aromatic amines is 1. The van der Waals surface area contributed by atoms with Crippen LogP contribution >= 0.6 is 0 Å². The van der Waals surface area contributed by atoms with Crippen LogP contribution in [0.1, 0.15) is 42.9 Å². The molecular formula is C27H32N8O. The molecule has 9 heteroatoms. The Morgan fingerprint density at radius 2 is 1.78 bits per heavy atom. The van der Waals surface area contributed by atoms with Crippen LogP contribution in [-0.4, -0.2) is 62.9 Å². The fourth-order valence-corrected chi connectivity index (χ4v) is 5.42. The maximum atomic E-state index is 12.9. The molecule has 6 rings (SSSR count). The highest BCUT2D eigenvalue weighted by molar-refractivity contribution is 5.76. The molecule has 3 aromatic heterocycles. The van der Waals surface area contributed by atoms with Crippen molar-refractivity contribution >= 4 is 28.4 Å². The van der Waals surface area contributed by atoms with Gasteiger partial charge in [-0.25, -0.2) is 4.98 Å². The Kier molecular flexibility index (Phi) is 6.14. The molecule has 0 unspecified atom stereocenters. The van der Waals surface area contributed by atoms with E-state index in [1.165, 1.54) is 31.4 Å². The SMILES string of the molecule is CN1CCN(c2ccc(Nc3ncc4ccc(=O)n(Cc5cn[nH]c5C5CCCC5)c4n3)cc2)CC1. The van der Waals surface area contributed by atoms with E-state index in [-0.39, 0.29) is 5.56 Å². The van der Waals surface area contributed by atoms with Gasteiger partial charge in [-0.1, -0.05) is 12.8 Å². The summed E-state index contributed by atoms with van der Waals surface area (Å²) < 4.78 is 1.72. The van der Waals surface area contributed by atoms with Crippen LogP contribution in [0.4, 0.5) is 17.3 Å². The van der Waals surface area contributed by atoms with Gasteiger partial charge in [0.25, 0.3) is 5.56 Å². The van der Waals surface area contributed by atoms with E-state index in [0.29, 0.717) is 24.1 Å². The number of nitrogens with zero attached hydrogens (tertiary/aromatic N) is 6. The number of aromatic nitrogens is 5. The number of rotatable bonds is 6. The van der Waals surface area contributed by atoms with E-state index in [1.54, 1.807) is 22.9 Å². The van der Waals surface area contributed by atoms with Gasteiger partial charge in [0.15, 0.2) is 0 Å². The first-order valence-corrected chi connectivity index (χ1v) is 12.8. The van der Waals surface area contributed by atoms with Crippen molar-refractivity contribution in [3.05, 3.63) is 70.4 Å². The van der Waals surface area contributed by atoms with Gasteiger partial charge in [0.1, 0.15) is 5.65 Å². The summed E-state index contributed by atoms with van der Waals surface area (Å²) in [5, 5.41) is 11.6. The third-order valence-corrected chi connectivity index (χ3v) is 7.56. The molecule has 1 saturated heterocycles. The summed E-state index contributed by atoms with van der Waals surface area (Å²) >= 11 is 0. The van der Waals surface area contributed by atoms with Crippen LogP contribution in [0.25, 0.3) is 11.0 Å². The highest BCUT2D eigenvalue weighted by Crippen LogP contribution is 2.34. The maximum Gasteiger partial charge on any atom is 0.252 e. The van der Waals surface area contributed by atoms with Crippen molar-refractivity contribution in [1.82, 2.24) is 29.6 Å². The van der Waals surface area contributed by atoms with Crippen LogP contribution in [-0.2, 0) is 6.54 Å². The first-order valence-electron chi connectivity index (χ1n) is 12.8. The van der Waals surface area contributed by atoms with Gasteiger partial charge in [0.05, 0.1) is 12.7 Å². The molecule has 1 aliphatic heterocycles. The standard InChI is InChI=1S/C27H32N8O/c1-33-12-14-34(15-13-33)23-9-7-22(8-10-23)30-27-28-16-20-6-11-24(36)35(26(20)31-27)18-21-17-29-32-25(21)19-4-2-3-5-19/h6-11,16-17,19H,2-5,12-15,18H2,1H3,(H,29,32)(H,28,30,31). The summed E-state index contributed by atoms with van der Waals surface area (Å²) in [4.78, 5) is 26.9. The summed E-state index contributed by atoms with van der Waals surface area (Å²) in [6.07, 6.45) is 8.45. The minimum absolute atomic E-state index is 0.0812. The molecule has 0 atom stereocenters. The van der Waals surface area contributed by atoms with Crippen molar-refractivity contribution in [2.24, 2.45) is 0 Å². The zero-order chi connectivity index (χ0) is 24.5. The lowest BCUT2D eigenvalue weighted by molar-refractivity contribution is 0.313. The van der Waals surface area contributed by atoms with E-state index in [9.17, 15) is 4.79 Å². The fourth-order valence-electron chi connectivity index (χ4n) is 5.42. The average Bonchev–Trinajstić information content (AvgIpc) is 3.59. The molecule has 2 N–H and O–H groups in total. The molecule has 9 nitrogen and oxygen atoms in total. The lowest BCUT2D eigenvalue weighted by Gasteiger charge is -2.34. The maximum absolute atomic E-state index is 12.9. The van der Waals surface area contributed by atoms with Crippen molar-refractivity contribution in [2.75, 3.05) is 43.4 Å². The summed E-state index contributed by atoms with van der Waals surface area (Å²) in [5.74, 6) is 0.964. The van der Waals surface area contributed by atoms with Gasteiger partial charge in [-0.05, 0) is 50.2 Å². The van der Waals surface area contributed by atoms with Crippen LogP contribution in [0.5, 0.6) is 0 Å². The fraction of sp³-hybridized carbons (Fsp3) is 0.407. The first kappa shape index (κ1) is 22.7. The van der Waals surface area contributed by atoms with Crippen LogP contribution in [0.2, 0.25) is 0 Å². The number of H-pyrrole nitrogens is 1. The number of nitrogens with one attached hydrogen (secondary N) is 2. The van der Waals surface area contributed by atoms with Crippen LogP contribution < -0.4 is 15.8 Å². The molecule has 2 aliphatic rings. The lowest BCUT2D eigenvalue weighted by atomic mass is 10.0. The van der Waals surface area contributed by atoms with Crippen molar-refractivity contribution in [3.63, 3.8) is 0 Å². The van der Waals surface area contributed by atoms with E-state index in [2.05, 4.69) is 61.6 Å². The average molecular weight is 485 g/mol. The Morgan fingerprint density at radius 1 is 1.00 bits per heavy atom. The topological polar surface area (TPSA) is 95.0 Å². The van der Waals surface area contributed by atoms with E-state index < -0.39 is 0 Å². The van der Waals surface area contributed by atoms with Gasteiger partial charge < -0.3 is 15.1 Å². The van der Waals surface area contributed by atoms with Crippen molar-refractivity contribution < 1.29 is 0 Å². The van der Waals surface area contributed by atoms with E-state index >= 15 is 0 Å². The largest absolute Gasteiger partial charge is 0.369 e. The van der Waals surface area contributed by atoms with E-state index in [1.807, 2.05) is 6.20 Å². The van der Waals surface area contributed by atoms with Gasteiger partial charge in [-0.15, -0.1) is 0 Å². The van der Waals surface area contributed by atoms with Crippen LogP contribution in [0, 0.1) is 0 Å². The zero-order valence-corrected chi connectivity index (χ0v) is 20.7. The smallest absolute Gasteiger partial charge is 0.252 e.